The summed E-state index contributed by atoms with van der Waals surface area (Å²) in [6.07, 6.45) is 1.54. The molecule has 3 rings (SSSR count). The number of benzene rings is 1. The number of furan rings is 1. The molecule has 102 valence electrons. The molecular weight excluding hydrogens is 264 g/mol. The molecule has 0 spiro atoms. The van der Waals surface area contributed by atoms with E-state index in [1.54, 1.807) is 25.3 Å². The molecule has 0 aliphatic carbocycles. The van der Waals surface area contributed by atoms with Crippen molar-refractivity contribution in [2.45, 2.75) is 6.92 Å². The van der Waals surface area contributed by atoms with Crippen LogP contribution in [0.1, 0.15) is 5.76 Å². The number of nitrogens with two attached hydrogens (primary N) is 1. The normalized spacial score (nSPS) is 10.9. The van der Waals surface area contributed by atoms with E-state index >= 15 is 0 Å². The Morgan fingerprint density at radius 2 is 2.00 bits per heavy atom. The Hall–Kier alpha value is -2.63. The predicted octanol–water partition coefficient (Wildman–Crippen LogP) is 3.30. The molecule has 0 radical (unpaired) electrons. The number of nitrogen functional groups attached to an aromatic ring is 1. The van der Waals surface area contributed by atoms with Crippen LogP contribution in [0.5, 0.6) is 0 Å². The molecular formula is C14H11F2N3O. The summed E-state index contributed by atoms with van der Waals surface area (Å²) < 4.78 is 33.1. The largest absolute Gasteiger partial charge is 0.469 e. The average Bonchev–Trinajstić information content (AvgIpc) is 2.96. The summed E-state index contributed by atoms with van der Waals surface area (Å²) in [6, 6.07) is 6.60. The van der Waals surface area contributed by atoms with Crippen LogP contribution >= 0.6 is 0 Å². The Labute approximate surface area is 113 Å². The van der Waals surface area contributed by atoms with Gasteiger partial charge in [0.15, 0.2) is 5.82 Å². The van der Waals surface area contributed by atoms with E-state index in [0.29, 0.717) is 11.5 Å². The van der Waals surface area contributed by atoms with Crippen LogP contribution in [0.2, 0.25) is 0 Å². The zero-order valence-corrected chi connectivity index (χ0v) is 10.6. The second-order valence-electron chi connectivity index (χ2n) is 4.35. The molecule has 0 amide bonds. The molecule has 0 saturated carbocycles. The van der Waals surface area contributed by atoms with E-state index in [1.165, 1.54) is 10.7 Å². The van der Waals surface area contributed by atoms with E-state index < -0.39 is 11.6 Å². The number of aryl methyl sites for hydroxylation is 1. The Kier molecular flexibility index (Phi) is 2.78. The van der Waals surface area contributed by atoms with Crippen molar-refractivity contribution in [2.24, 2.45) is 0 Å². The van der Waals surface area contributed by atoms with Gasteiger partial charge in [0.25, 0.3) is 0 Å². The first kappa shape index (κ1) is 12.4. The van der Waals surface area contributed by atoms with Crippen LogP contribution in [-0.2, 0) is 0 Å². The van der Waals surface area contributed by atoms with Crippen LogP contribution in [0.4, 0.5) is 14.6 Å². The Balaban J connectivity index is 2.12. The standard InChI is InChI=1S/C14H11F2N3O/c1-8-10(4-5-20-8)12-7-14(17)19(18-12)13-3-2-9(15)6-11(13)16/h2-7H,17H2,1H3. The lowest BCUT2D eigenvalue weighted by Crippen LogP contribution is -2.04. The molecule has 2 N–H and O–H groups in total. The maximum Gasteiger partial charge on any atom is 0.151 e. The molecule has 0 atom stereocenters. The van der Waals surface area contributed by atoms with Crippen LogP contribution in [0.3, 0.4) is 0 Å². The number of aromatic nitrogens is 2. The van der Waals surface area contributed by atoms with Crippen molar-refractivity contribution in [3.8, 4) is 16.9 Å². The van der Waals surface area contributed by atoms with Crippen molar-refractivity contribution in [3.05, 3.63) is 54.0 Å². The summed E-state index contributed by atoms with van der Waals surface area (Å²) in [7, 11) is 0. The summed E-state index contributed by atoms with van der Waals surface area (Å²) in [5.74, 6) is -0.432. The third kappa shape index (κ3) is 1.95. The van der Waals surface area contributed by atoms with E-state index in [0.717, 1.165) is 17.7 Å². The minimum absolute atomic E-state index is 0.0938. The highest BCUT2D eigenvalue weighted by molar-refractivity contribution is 5.65. The Morgan fingerprint density at radius 3 is 2.65 bits per heavy atom. The number of hydrogen-bond acceptors (Lipinski definition) is 3. The highest BCUT2D eigenvalue weighted by Crippen LogP contribution is 2.27. The van der Waals surface area contributed by atoms with Crippen LogP contribution < -0.4 is 5.73 Å². The molecule has 0 fully saturated rings. The first-order chi connectivity index (χ1) is 9.56. The maximum atomic E-state index is 13.8. The quantitative estimate of drug-likeness (QED) is 0.780. The van der Waals surface area contributed by atoms with Gasteiger partial charge in [0.05, 0.1) is 12.0 Å². The molecule has 6 heteroatoms. The van der Waals surface area contributed by atoms with Gasteiger partial charge in [-0.25, -0.2) is 13.5 Å². The second kappa shape index (κ2) is 4.48. The van der Waals surface area contributed by atoms with Gasteiger partial charge in [0, 0.05) is 17.7 Å². The van der Waals surface area contributed by atoms with Crippen LogP contribution in [0.25, 0.3) is 16.9 Å². The van der Waals surface area contributed by atoms with Crippen molar-refractivity contribution in [3.63, 3.8) is 0 Å². The van der Waals surface area contributed by atoms with Crippen molar-refractivity contribution in [1.82, 2.24) is 9.78 Å². The molecule has 0 saturated heterocycles. The number of halogens is 2. The van der Waals surface area contributed by atoms with E-state index in [2.05, 4.69) is 5.10 Å². The fourth-order valence-corrected chi connectivity index (χ4v) is 2.02. The lowest BCUT2D eigenvalue weighted by Gasteiger charge is -2.05. The van der Waals surface area contributed by atoms with Gasteiger partial charge in [-0.2, -0.15) is 5.10 Å². The van der Waals surface area contributed by atoms with Gasteiger partial charge in [0.2, 0.25) is 0 Å². The fourth-order valence-electron chi connectivity index (χ4n) is 2.02. The lowest BCUT2D eigenvalue weighted by atomic mass is 10.2. The summed E-state index contributed by atoms with van der Waals surface area (Å²) in [5, 5.41) is 4.24. The zero-order valence-electron chi connectivity index (χ0n) is 10.6. The number of nitrogens with zero attached hydrogens (tertiary/aromatic N) is 2. The van der Waals surface area contributed by atoms with E-state index in [9.17, 15) is 8.78 Å². The lowest BCUT2D eigenvalue weighted by molar-refractivity contribution is 0.535. The zero-order chi connectivity index (χ0) is 14.3. The number of anilines is 1. The first-order valence-corrected chi connectivity index (χ1v) is 5.91. The second-order valence-corrected chi connectivity index (χ2v) is 4.35. The molecule has 0 aliphatic heterocycles. The number of hydrogen-bond donors (Lipinski definition) is 1. The van der Waals surface area contributed by atoms with E-state index in [4.69, 9.17) is 10.2 Å². The minimum Gasteiger partial charge on any atom is -0.469 e. The predicted molar refractivity (Wildman–Crippen MR) is 70.3 cm³/mol. The number of rotatable bonds is 2. The molecule has 2 heterocycles. The molecule has 0 bridgehead atoms. The van der Waals surface area contributed by atoms with Crippen LogP contribution in [0, 0.1) is 18.6 Å². The van der Waals surface area contributed by atoms with Gasteiger partial charge in [-0.15, -0.1) is 0 Å². The average molecular weight is 275 g/mol. The first-order valence-electron chi connectivity index (χ1n) is 5.91. The Morgan fingerprint density at radius 1 is 1.20 bits per heavy atom. The van der Waals surface area contributed by atoms with Gasteiger partial charge in [-0.05, 0) is 25.1 Å². The van der Waals surface area contributed by atoms with E-state index in [1.807, 2.05) is 0 Å². The van der Waals surface area contributed by atoms with E-state index in [-0.39, 0.29) is 11.5 Å². The third-order valence-electron chi connectivity index (χ3n) is 3.01. The summed E-state index contributed by atoms with van der Waals surface area (Å²) >= 11 is 0. The monoisotopic (exact) mass is 275 g/mol. The van der Waals surface area contributed by atoms with Crippen molar-refractivity contribution in [1.29, 1.82) is 0 Å². The summed E-state index contributed by atoms with van der Waals surface area (Å²) in [5.41, 5.74) is 7.28. The molecule has 3 aromatic rings. The van der Waals surface area contributed by atoms with Crippen molar-refractivity contribution in [2.75, 3.05) is 5.73 Å². The summed E-state index contributed by atoms with van der Waals surface area (Å²) in [6.45, 7) is 1.79. The Bertz CT molecular complexity index is 777. The third-order valence-corrected chi connectivity index (χ3v) is 3.01. The van der Waals surface area contributed by atoms with Crippen LogP contribution in [-0.4, -0.2) is 9.78 Å². The van der Waals surface area contributed by atoms with Gasteiger partial charge < -0.3 is 10.2 Å². The van der Waals surface area contributed by atoms with Gasteiger partial charge >= 0.3 is 0 Å². The highest BCUT2D eigenvalue weighted by Gasteiger charge is 2.15. The van der Waals surface area contributed by atoms with Gasteiger partial charge in [-0.3, -0.25) is 0 Å². The SMILES string of the molecule is Cc1occc1-c1cc(N)n(-c2ccc(F)cc2F)n1. The van der Waals surface area contributed by atoms with Gasteiger partial charge in [0.1, 0.15) is 23.1 Å². The molecule has 0 unspecified atom stereocenters. The molecule has 1 aromatic carbocycles. The van der Waals surface area contributed by atoms with Gasteiger partial charge in [-0.1, -0.05) is 0 Å². The van der Waals surface area contributed by atoms with Crippen molar-refractivity contribution < 1.29 is 13.2 Å². The molecule has 2 aromatic heterocycles. The summed E-state index contributed by atoms with van der Waals surface area (Å²) in [4.78, 5) is 0. The topological polar surface area (TPSA) is 57.0 Å². The molecule has 20 heavy (non-hydrogen) atoms. The molecule has 0 aliphatic rings. The molecule has 4 nitrogen and oxygen atoms in total. The maximum absolute atomic E-state index is 13.8. The van der Waals surface area contributed by atoms with Crippen LogP contribution in [0.15, 0.2) is 41.0 Å². The van der Waals surface area contributed by atoms with Crippen molar-refractivity contribution >= 4 is 5.82 Å². The minimum atomic E-state index is -0.727. The smallest absolute Gasteiger partial charge is 0.151 e. The highest BCUT2D eigenvalue weighted by atomic mass is 19.1. The fraction of sp³-hybridized carbons (Fsp3) is 0.0714.